The quantitative estimate of drug-likeness (QED) is 0.548. The minimum absolute atomic E-state index is 0.718. The number of hydrogen-bond donors (Lipinski definition) is 1. The van der Waals surface area contributed by atoms with Crippen LogP contribution >= 0.6 is 0 Å². The van der Waals surface area contributed by atoms with E-state index >= 15 is 0 Å². The van der Waals surface area contributed by atoms with Gasteiger partial charge >= 0.3 is 0 Å². The molecule has 0 radical (unpaired) electrons. The molecule has 0 aliphatic rings. The third-order valence-corrected chi connectivity index (χ3v) is 1.56. The molecule has 0 bridgehead atoms. The van der Waals surface area contributed by atoms with Crippen LogP contribution in [0.4, 0.5) is 0 Å². The minimum atomic E-state index is 0.718. The Morgan fingerprint density at radius 1 is 1.77 bits per heavy atom. The molecule has 3 heteroatoms. The molecule has 1 N–H and O–H groups in total. The highest BCUT2D eigenvalue weighted by Gasteiger charge is 1.93. The van der Waals surface area contributed by atoms with Crippen molar-refractivity contribution in [3.05, 3.63) is 24.5 Å². The van der Waals surface area contributed by atoms with Gasteiger partial charge in [-0.05, 0) is 6.92 Å². The second-order valence-electron chi connectivity index (χ2n) is 2.54. The van der Waals surface area contributed by atoms with E-state index in [0.29, 0.717) is 0 Å². The number of hydrogen-bond acceptors (Lipinski definition) is 2. The Labute approximate surface area is 78.5 Å². The third kappa shape index (κ3) is 3.14. The van der Waals surface area contributed by atoms with Gasteiger partial charge in [0.2, 0.25) is 0 Å². The first-order valence-corrected chi connectivity index (χ1v) is 4.12. The normalized spacial score (nSPS) is 9.00. The van der Waals surface area contributed by atoms with Crippen molar-refractivity contribution in [1.29, 1.82) is 0 Å². The molecule has 13 heavy (non-hydrogen) atoms. The Balaban J connectivity index is 2.35. The molecule has 0 spiro atoms. The lowest BCUT2D eigenvalue weighted by molar-refractivity contribution is 0.770. The molecule has 0 unspecified atom stereocenters. The molecular weight excluding hydrogens is 162 g/mol. The minimum Gasteiger partial charge on any atom is -0.302 e. The molecule has 1 aromatic rings. The van der Waals surface area contributed by atoms with Gasteiger partial charge < -0.3 is 5.32 Å². The van der Waals surface area contributed by atoms with Gasteiger partial charge in [-0.15, -0.1) is 5.92 Å². The predicted octanol–water partition coefficient (Wildman–Crippen LogP) is 1.10. The van der Waals surface area contributed by atoms with Gasteiger partial charge in [0.25, 0.3) is 0 Å². The number of nitrogens with zero attached hydrogens (tertiary/aromatic N) is 2. The zero-order valence-corrected chi connectivity index (χ0v) is 7.75. The standard InChI is InChI=1S/C10H13N3/c1-3-5-6-11-7-10-8-12-13(4-2)9-10/h4,8-9,11H,2,6-7H2,1H3. The number of rotatable bonds is 4. The first kappa shape index (κ1) is 9.56. The summed E-state index contributed by atoms with van der Waals surface area (Å²) in [4.78, 5) is 0. The summed E-state index contributed by atoms with van der Waals surface area (Å²) in [5.41, 5.74) is 1.14. The molecule has 1 aromatic heterocycles. The second-order valence-corrected chi connectivity index (χ2v) is 2.54. The van der Waals surface area contributed by atoms with E-state index in [-0.39, 0.29) is 0 Å². The zero-order chi connectivity index (χ0) is 9.52. The highest BCUT2D eigenvalue weighted by molar-refractivity contribution is 5.17. The van der Waals surface area contributed by atoms with Crippen LogP contribution in [0.5, 0.6) is 0 Å². The predicted molar refractivity (Wildman–Crippen MR) is 53.8 cm³/mol. The summed E-state index contributed by atoms with van der Waals surface area (Å²) in [6, 6.07) is 0. The largest absolute Gasteiger partial charge is 0.302 e. The highest BCUT2D eigenvalue weighted by atomic mass is 15.2. The Bertz CT molecular complexity index is 327. The van der Waals surface area contributed by atoms with Gasteiger partial charge in [-0.1, -0.05) is 12.5 Å². The lowest BCUT2D eigenvalue weighted by Gasteiger charge is -1.94. The summed E-state index contributed by atoms with van der Waals surface area (Å²) >= 11 is 0. The fourth-order valence-corrected chi connectivity index (χ4v) is 0.926. The molecule has 68 valence electrons. The van der Waals surface area contributed by atoms with E-state index in [2.05, 4.69) is 28.8 Å². The van der Waals surface area contributed by atoms with Crippen LogP contribution in [0.15, 0.2) is 19.0 Å². The average molecular weight is 175 g/mol. The van der Waals surface area contributed by atoms with Crippen molar-refractivity contribution in [3.8, 4) is 11.8 Å². The summed E-state index contributed by atoms with van der Waals surface area (Å²) in [6.45, 7) is 6.95. The van der Waals surface area contributed by atoms with E-state index in [0.717, 1.165) is 18.7 Å². The molecule has 0 amide bonds. The monoisotopic (exact) mass is 175 g/mol. The number of nitrogens with one attached hydrogen (secondary N) is 1. The van der Waals surface area contributed by atoms with E-state index in [1.807, 2.05) is 19.3 Å². The fraction of sp³-hybridized carbons (Fsp3) is 0.300. The van der Waals surface area contributed by atoms with E-state index < -0.39 is 0 Å². The summed E-state index contributed by atoms with van der Waals surface area (Å²) in [6.07, 6.45) is 5.41. The average Bonchev–Trinajstić information content (AvgIpc) is 2.60. The maximum atomic E-state index is 4.06. The zero-order valence-electron chi connectivity index (χ0n) is 7.75. The van der Waals surface area contributed by atoms with Crippen LogP contribution in [0.2, 0.25) is 0 Å². The molecule has 1 rings (SSSR count). The first-order chi connectivity index (χ1) is 6.36. The van der Waals surface area contributed by atoms with Gasteiger partial charge in [0.1, 0.15) is 0 Å². The van der Waals surface area contributed by atoms with Crippen molar-refractivity contribution in [2.45, 2.75) is 13.5 Å². The van der Waals surface area contributed by atoms with Gasteiger partial charge in [0.05, 0.1) is 12.7 Å². The topological polar surface area (TPSA) is 29.9 Å². The Kier molecular flexibility index (Phi) is 3.80. The smallest absolute Gasteiger partial charge is 0.0579 e. The summed E-state index contributed by atoms with van der Waals surface area (Å²) in [5.74, 6) is 5.75. The van der Waals surface area contributed by atoms with Gasteiger partial charge in [0.15, 0.2) is 0 Å². The molecule has 0 aliphatic heterocycles. The first-order valence-electron chi connectivity index (χ1n) is 4.12. The molecule has 1 heterocycles. The van der Waals surface area contributed by atoms with Crippen LogP contribution in [0.25, 0.3) is 6.20 Å². The van der Waals surface area contributed by atoms with Crippen molar-refractivity contribution < 1.29 is 0 Å². The van der Waals surface area contributed by atoms with E-state index in [4.69, 9.17) is 0 Å². The lowest BCUT2D eigenvalue weighted by Crippen LogP contribution is -2.12. The van der Waals surface area contributed by atoms with Gasteiger partial charge in [0, 0.05) is 24.5 Å². The molecule has 0 aromatic carbocycles. The summed E-state index contributed by atoms with van der Waals surface area (Å²) in [7, 11) is 0. The molecule has 0 aliphatic carbocycles. The van der Waals surface area contributed by atoms with Crippen molar-refractivity contribution in [3.63, 3.8) is 0 Å². The van der Waals surface area contributed by atoms with Crippen molar-refractivity contribution in [1.82, 2.24) is 15.1 Å². The maximum absolute atomic E-state index is 4.06. The van der Waals surface area contributed by atoms with Crippen LogP contribution in [-0.2, 0) is 6.54 Å². The van der Waals surface area contributed by atoms with Crippen LogP contribution < -0.4 is 5.32 Å². The van der Waals surface area contributed by atoms with Crippen molar-refractivity contribution in [2.24, 2.45) is 0 Å². The highest BCUT2D eigenvalue weighted by Crippen LogP contribution is 1.96. The summed E-state index contributed by atoms with van der Waals surface area (Å²) < 4.78 is 1.68. The molecule has 0 saturated carbocycles. The van der Waals surface area contributed by atoms with Crippen LogP contribution in [0, 0.1) is 11.8 Å². The third-order valence-electron chi connectivity index (χ3n) is 1.56. The number of aromatic nitrogens is 2. The van der Waals surface area contributed by atoms with E-state index in [9.17, 15) is 0 Å². The second kappa shape index (κ2) is 5.18. The maximum Gasteiger partial charge on any atom is 0.0579 e. The molecule has 0 fully saturated rings. The van der Waals surface area contributed by atoms with Crippen LogP contribution in [0.1, 0.15) is 12.5 Å². The lowest BCUT2D eigenvalue weighted by atomic mass is 10.3. The van der Waals surface area contributed by atoms with E-state index in [1.165, 1.54) is 0 Å². The van der Waals surface area contributed by atoms with Crippen molar-refractivity contribution in [2.75, 3.05) is 6.54 Å². The molecule has 0 saturated heterocycles. The Morgan fingerprint density at radius 2 is 2.62 bits per heavy atom. The fourth-order valence-electron chi connectivity index (χ4n) is 0.926. The molecule has 0 atom stereocenters. The van der Waals surface area contributed by atoms with Crippen LogP contribution in [-0.4, -0.2) is 16.3 Å². The Morgan fingerprint density at radius 3 is 3.23 bits per heavy atom. The van der Waals surface area contributed by atoms with Crippen LogP contribution in [0.3, 0.4) is 0 Å². The van der Waals surface area contributed by atoms with Gasteiger partial charge in [-0.2, -0.15) is 5.10 Å². The Hall–Kier alpha value is -1.53. The van der Waals surface area contributed by atoms with Gasteiger partial charge in [-0.25, -0.2) is 4.68 Å². The molecule has 3 nitrogen and oxygen atoms in total. The molecular formula is C10H13N3. The SMILES string of the molecule is C=Cn1cc(CNCC#CC)cn1. The van der Waals surface area contributed by atoms with Crippen molar-refractivity contribution >= 4 is 6.20 Å². The van der Waals surface area contributed by atoms with E-state index in [1.54, 1.807) is 10.9 Å². The summed E-state index contributed by atoms with van der Waals surface area (Å²) in [5, 5.41) is 7.23. The van der Waals surface area contributed by atoms with Gasteiger partial charge in [-0.3, -0.25) is 0 Å².